The molecular weight excluding hydrogens is 236 g/mol. The summed E-state index contributed by atoms with van der Waals surface area (Å²) in [5.41, 5.74) is 0.511. The van der Waals surface area contributed by atoms with Gasteiger partial charge in [-0.2, -0.15) is 0 Å². The molecule has 1 N–H and O–H groups in total. The van der Waals surface area contributed by atoms with Crippen molar-refractivity contribution in [2.75, 3.05) is 27.2 Å². The quantitative estimate of drug-likeness (QED) is 0.848. The number of ether oxygens (including phenoxy) is 1. The van der Waals surface area contributed by atoms with E-state index in [0.29, 0.717) is 23.6 Å². The van der Waals surface area contributed by atoms with Crippen molar-refractivity contribution in [1.82, 2.24) is 10.2 Å². The van der Waals surface area contributed by atoms with Crippen molar-refractivity contribution < 1.29 is 4.74 Å². The van der Waals surface area contributed by atoms with E-state index in [1.807, 2.05) is 0 Å². The highest BCUT2D eigenvalue weighted by molar-refractivity contribution is 4.91. The van der Waals surface area contributed by atoms with Crippen LogP contribution < -0.4 is 5.32 Å². The molecule has 2 fully saturated rings. The van der Waals surface area contributed by atoms with Gasteiger partial charge in [-0.05, 0) is 58.0 Å². The predicted molar refractivity (Wildman–Crippen MR) is 80.4 cm³/mol. The first-order chi connectivity index (χ1) is 8.93. The Labute approximate surface area is 119 Å². The number of nitrogens with zero attached hydrogens (tertiary/aromatic N) is 1. The van der Waals surface area contributed by atoms with Crippen LogP contribution in [0.15, 0.2) is 0 Å². The predicted octanol–water partition coefficient (Wildman–Crippen LogP) is 2.51. The Kier molecular flexibility index (Phi) is 4.91. The van der Waals surface area contributed by atoms with E-state index in [4.69, 9.17) is 4.74 Å². The van der Waals surface area contributed by atoms with Crippen LogP contribution in [0.1, 0.15) is 46.5 Å². The highest BCUT2D eigenvalue weighted by Gasteiger charge is 2.36. The van der Waals surface area contributed by atoms with Gasteiger partial charge in [0, 0.05) is 25.2 Å². The van der Waals surface area contributed by atoms with E-state index in [2.05, 4.69) is 45.1 Å². The molecule has 2 rings (SSSR count). The first-order valence-electron chi connectivity index (χ1n) is 7.92. The molecule has 0 radical (unpaired) electrons. The normalized spacial score (nSPS) is 38.8. The number of rotatable bonds is 4. The van der Waals surface area contributed by atoms with Gasteiger partial charge in [0.2, 0.25) is 0 Å². The molecule has 4 unspecified atom stereocenters. The van der Waals surface area contributed by atoms with Gasteiger partial charge in [0.1, 0.15) is 0 Å². The molecule has 4 atom stereocenters. The number of likely N-dealkylation sites (N-methyl/N-ethyl adjacent to an activating group) is 1. The van der Waals surface area contributed by atoms with Gasteiger partial charge in [-0.3, -0.25) is 0 Å². The third-order valence-electron chi connectivity index (χ3n) is 5.31. The Hall–Kier alpha value is -0.120. The van der Waals surface area contributed by atoms with Crippen molar-refractivity contribution in [2.45, 2.75) is 64.6 Å². The van der Waals surface area contributed by atoms with Crippen molar-refractivity contribution in [3.63, 3.8) is 0 Å². The Morgan fingerprint density at radius 3 is 2.63 bits per heavy atom. The van der Waals surface area contributed by atoms with Crippen LogP contribution in [0.25, 0.3) is 0 Å². The van der Waals surface area contributed by atoms with E-state index >= 15 is 0 Å². The van der Waals surface area contributed by atoms with E-state index in [9.17, 15) is 0 Å². The molecule has 0 aromatic heterocycles. The summed E-state index contributed by atoms with van der Waals surface area (Å²) in [7, 11) is 4.40. The average molecular weight is 268 g/mol. The van der Waals surface area contributed by atoms with E-state index < -0.39 is 0 Å². The largest absolute Gasteiger partial charge is 0.377 e. The zero-order valence-corrected chi connectivity index (χ0v) is 13.4. The minimum absolute atomic E-state index is 0.398. The topological polar surface area (TPSA) is 24.5 Å². The lowest BCUT2D eigenvalue weighted by Crippen LogP contribution is -2.48. The fraction of sp³-hybridized carbons (Fsp3) is 1.00. The summed E-state index contributed by atoms with van der Waals surface area (Å²) in [5.74, 6) is 0.770. The molecule has 0 aromatic rings. The Bertz CT molecular complexity index is 292. The van der Waals surface area contributed by atoms with Crippen molar-refractivity contribution in [2.24, 2.45) is 11.3 Å². The Morgan fingerprint density at radius 2 is 2.05 bits per heavy atom. The maximum atomic E-state index is 5.71. The molecule has 3 heteroatoms. The molecule has 112 valence electrons. The third-order valence-corrected chi connectivity index (χ3v) is 5.31. The lowest BCUT2D eigenvalue weighted by molar-refractivity contribution is 0.0585. The summed E-state index contributed by atoms with van der Waals surface area (Å²) in [5, 5.41) is 3.54. The van der Waals surface area contributed by atoms with Gasteiger partial charge in [0.05, 0.1) is 6.10 Å². The highest BCUT2D eigenvalue weighted by Crippen LogP contribution is 2.39. The minimum atomic E-state index is 0.398. The molecule has 19 heavy (non-hydrogen) atoms. The fourth-order valence-corrected chi connectivity index (χ4v) is 4.11. The molecule has 1 aliphatic carbocycles. The molecule has 1 heterocycles. The van der Waals surface area contributed by atoms with Crippen LogP contribution in [0, 0.1) is 11.3 Å². The summed E-state index contributed by atoms with van der Waals surface area (Å²) >= 11 is 0. The highest BCUT2D eigenvalue weighted by atomic mass is 16.5. The SMILES string of the molecule is CNC1CCC(C)(C)CC1CN(C)C1CCOC1C. The number of nitrogens with one attached hydrogen (secondary N) is 1. The number of hydrogen-bond donors (Lipinski definition) is 1. The molecule has 0 bridgehead atoms. The first kappa shape index (κ1) is 15.3. The lowest BCUT2D eigenvalue weighted by Gasteiger charge is -2.43. The van der Waals surface area contributed by atoms with Gasteiger partial charge in [-0.1, -0.05) is 13.8 Å². The monoisotopic (exact) mass is 268 g/mol. The maximum Gasteiger partial charge on any atom is 0.0702 e. The maximum absolute atomic E-state index is 5.71. The van der Waals surface area contributed by atoms with Crippen molar-refractivity contribution in [1.29, 1.82) is 0 Å². The van der Waals surface area contributed by atoms with Crippen LogP contribution in [0.5, 0.6) is 0 Å². The van der Waals surface area contributed by atoms with Crippen LogP contribution in [0.2, 0.25) is 0 Å². The van der Waals surface area contributed by atoms with Crippen LogP contribution in [-0.2, 0) is 4.74 Å². The van der Waals surface area contributed by atoms with Crippen LogP contribution in [0.3, 0.4) is 0 Å². The molecular formula is C16H32N2O. The standard InChI is InChI=1S/C16H32N2O/c1-12-15(7-9-19-12)18(5)11-13-10-16(2,3)8-6-14(13)17-4/h12-15,17H,6-11H2,1-5H3. The second kappa shape index (κ2) is 6.11. The number of hydrogen-bond acceptors (Lipinski definition) is 3. The fourth-order valence-electron chi connectivity index (χ4n) is 4.11. The molecule has 0 spiro atoms. The van der Waals surface area contributed by atoms with Gasteiger partial charge in [0.15, 0.2) is 0 Å². The summed E-state index contributed by atoms with van der Waals surface area (Å²) in [4.78, 5) is 2.55. The van der Waals surface area contributed by atoms with Gasteiger partial charge in [0.25, 0.3) is 0 Å². The van der Waals surface area contributed by atoms with Gasteiger partial charge >= 0.3 is 0 Å². The van der Waals surface area contributed by atoms with Crippen molar-refractivity contribution in [3.05, 3.63) is 0 Å². The summed E-state index contributed by atoms with van der Waals surface area (Å²) in [6.07, 6.45) is 5.60. The van der Waals surface area contributed by atoms with Crippen molar-refractivity contribution in [3.8, 4) is 0 Å². The second-order valence-electron chi connectivity index (χ2n) is 7.43. The Morgan fingerprint density at radius 1 is 1.32 bits per heavy atom. The summed E-state index contributed by atoms with van der Waals surface area (Å²) in [6.45, 7) is 9.20. The molecule has 3 nitrogen and oxygen atoms in total. The molecule has 1 aliphatic heterocycles. The molecule has 0 amide bonds. The van der Waals surface area contributed by atoms with Crippen LogP contribution >= 0.6 is 0 Å². The van der Waals surface area contributed by atoms with Crippen LogP contribution in [-0.4, -0.2) is 50.3 Å². The third kappa shape index (κ3) is 3.71. The zero-order valence-electron chi connectivity index (χ0n) is 13.4. The zero-order chi connectivity index (χ0) is 14.0. The van der Waals surface area contributed by atoms with Gasteiger partial charge in [-0.25, -0.2) is 0 Å². The lowest BCUT2D eigenvalue weighted by atomic mass is 9.69. The molecule has 1 saturated heterocycles. The minimum Gasteiger partial charge on any atom is -0.377 e. The smallest absolute Gasteiger partial charge is 0.0702 e. The molecule has 0 aromatic carbocycles. The van der Waals surface area contributed by atoms with E-state index in [-0.39, 0.29) is 0 Å². The molecule has 2 aliphatic rings. The van der Waals surface area contributed by atoms with Crippen molar-refractivity contribution >= 4 is 0 Å². The van der Waals surface area contributed by atoms with Gasteiger partial charge < -0.3 is 15.0 Å². The summed E-state index contributed by atoms with van der Waals surface area (Å²) in [6, 6.07) is 1.30. The van der Waals surface area contributed by atoms with E-state index in [0.717, 1.165) is 12.5 Å². The van der Waals surface area contributed by atoms with Crippen LogP contribution in [0.4, 0.5) is 0 Å². The van der Waals surface area contributed by atoms with Gasteiger partial charge in [-0.15, -0.1) is 0 Å². The second-order valence-corrected chi connectivity index (χ2v) is 7.43. The van der Waals surface area contributed by atoms with E-state index in [1.165, 1.54) is 32.2 Å². The first-order valence-corrected chi connectivity index (χ1v) is 7.92. The average Bonchev–Trinajstić information content (AvgIpc) is 2.75. The molecule has 1 saturated carbocycles. The summed E-state index contributed by atoms with van der Waals surface area (Å²) < 4.78 is 5.71. The Balaban J connectivity index is 1.94. The van der Waals surface area contributed by atoms with E-state index in [1.54, 1.807) is 0 Å².